The molecule has 0 bridgehead atoms. The van der Waals surface area contributed by atoms with Gasteiger partial charge in [-0.3, -0.25) is 14.4 Å². The Labute approximate surface area is 193 Å². The standard InChI is InChI=1S/C24H29N3O6/c1-31-13-3-12-25-24(30)17-14-23(29)27(15-17)19-6-10-21(11-7-19)33-16-22(28)26-18-4-8-20(32-2)9-5-18/h4-11,17H,3,12-16H2,1-2H3,(H,25,30)(H,26,28)/t17-/m0/s1. The van der Waals surface area contributed by atoms with E-state index in [1.807, 2.05) is 0 Å². The molecule has 2 N–H and O–H groups in total. The highest BCUT2D eigenvalue weighted by atomic mass is 16.5. The molecule has 33 heavy (non-hydrogen) atoms. The fraction of sp³-hybridized carbons (Fsp3) is 0.375. The maximum Gasteiger partial charge on any atom is 0.262 e. The molecule has 3 amide bonds. The third kappa shape index (κ3) is 6.95. The maximum absolute atomic E-state index is 12.4. The quantitative estimate of drug-likeness (QED) is 0.504. The maximum atomic E-state index is 12.4. The van der Waals surface area contributed by atoms with E-state index in [2.05, 4.69) is 10.6 Å². The molecule has 1 aliphatic rings. The summed E-state index contributed by atoms with van der Waals surface area (Å²) in [4.78, 5) is 38.4. The van der Waals surface area contributed by atoms with E-state index in [1.165, 1.54) is 0 Å². The molecule has 9 nitrogen and oxygen atoms in total. The highest BCUT2D eigenvalue weighted by Crippen LogP contribution is 2.27. The van der Waals surface area contributed by atoms with Crippen LogP contribution in [0.4, 0.5) is 11.4 Å². The number of nitrogens with zero attached hydrogens (tertiary/aromatic N) is 1. The van der Waals surface area contributed by atoms with Crippen LogP contribution in [0.1, 0.15) is 12.8 Å². The molecule has 1 atom stereocenters. The lowest BCUT2D eigenvalue weighted by Crippen LogP contribution is -2.33. The van der Waals surface area contributed by atoms with Gasteiger partial charge >= 0.3 is 0 Å². The van der Waals surface area contributed by atoms with Crippen molar-refractivity contribution < 1.29 is 28.6 Å². The molecule has 2 aromatic rings. The summed E-state index contributed by atoms with van der Waals surface area (Å²) in [5, 5.41) is 5.59. The molecule has 1 aliphatic heterocycles. The van der Waals surface area contributed by atoms with Gasteiger partial charge in [0.15, 0.2) is 6.61 Å². The number of rotatable bonds is 11. The Morgan fingerprint density at radius 2 is 1.73 bits per heavy atom. The number of anilines is 2. The van der Waals surface area contributed by atoms with Crippen LogP contribution in [0.15, 0.2) is 48.5 Å². The van der Waals surface area contributed by atoms with Crippen molar-refractivity contribution in [1.82, 2.24) is 5.32 Å². The molecule has 0 saturated carbocycles. The number of ether oxygens (including phenoxy) is 3. The number of nitrogens with one attached hydrogen (secondary N) is 2. The molecular formula is C24H29N3O6. The van der Waals surface area contributed by atoms with Gasteiger partial charge in [-0.1, -0.05) is 0 Å². The molecule has 0 aliphatic carbocycles. The van der Waals surface area contributed by atoms with Gasteiger partial charge in [0.2, 0.25) is 11.8 Å². The van der Waals surface area contributed by atoms with E-state index in [4.69, 9.17) is 14.2 Å². The van der Waals surface area contributed by atoms with Gasteiger partial charge in [-0.15, -0.1) is 0 Å². The van der Waals surface area contributed by atoms with Gasteiger partial charge in [0.25, 0.3) is 5.91 Å². The molecule has 0 spiro atoms. The minimum absolute atomic E-state index is 0.0976. The number of carbonyl (C=O) groups is 3. The molecule has 0 radical (unpaired) electrons. The van der Waals surface area contributed by atoms with Crippen LogP contribution in [0.2, 0.25) is 0 Å². The first-order chi connectivity index (χ1) is 16.0. The highest BCUT2D eigenvalue weighted by Gasteiger charge is 2.34. The van der Waals surface area contributed by atoms with Crippen LogP contribution in [-0.2, 0) is 19.1 Å². The summed E-state index contributed by atoms with van der Waals surface area (Å²) in [6, 6.07) is 13.9. The summed E-state index contributed by atoms with van der Waals surface area (Å²) in [6.07, 6.45) is 0.909. The zero-order valence-corrected chi connectivity index (χ0v) is 18.8. The topological polar surface area (TPSA) is 106 Å². The lowest BCUT2D eigenvalue weighted by molar-refractivity contribution is -0.126. The van der Waals surface area contributed by atoms with Crippen molar-refractivity contribution in [1.29, 1.82) is 0 Å². The second-order valence-corrected chi connectivity index (χ2v) is 7.60. The second-order valence-electron chi connectivity index (χ2n) is 7.60. The fourth-order valence-electron chi connectivity index (χ4n) is 3.45. The van der Waals surface area contributed by atoms with Crippen LogP contribution in [-0.4, -0.2) is 58.2 Å². The number of methoxy groups -OCH3 is 2. The van der Waals surface area contributed by atoms with Crippen LogP contribution >= 0.6 is 0 Å². The van der Waals surface area contributed by atoms with Crippen molar-refractivity contribution in [3.63, 3.8) is 0 Å². The van der Waals surface area contributed by atoms with Gasteiger partial charge in [0, 0.05) is 44.6 Å². The first-order valence-electron chi connectivity index (χ1n) is 10.7. The average molecular weight is 456 g/mol. The van der Waals surface area contributed by atoms with E-state index < -0.39 is 0 Å². The van der Waals surface area contributed by atoms with Crippen molar-refractivity contribution in [2.45, 2.75) is 12.8 Å². The van der Waals surface area contributed by atoms with Gasteiger partial charge in [-0.2, -0.15) is 0 Å². The molecule has 9 heteroatoms. The number of carbonyl (C=O) groups excluding carboxylic acids is 3. The third-order valence-corrected chi connectivity index (χ3v) is 5.21. The van der Waals surface area contributed by atoms with Crippen LogP contribution < -0.4 is 25.0 Å². The van der Waals surface area contributed by atoms with Gasteiger partial charge in [0.05, 0.1) is 13.0 Å². The Morgan fingerprint density at radius 3 is 2.39 bits per heavy atom. The third-order valence-electron chi connectivity index (χ3n) is 5.21. The van der Waals surface area contributed by atoms with Crippen LogP contribution in [0, 0.1) is 5.92 Å². The number of hydrogen-bond acceptors (Lipinski definition) is 6. The Bertz CT molecular complexity index is 946. The van der Waals surface area contributed by atoms with Gasteiger partial charge < -0.3 is 29.7 Å². The van der Waals surface area contributed by atoms with E-state index in [1.54, 1.807) is 67.7 Å². The first kappa shape index (κ1) is 24.1. The molecule has 1 saturated heterocycles. The Morgan fingerprint density at radius 1 is 1.03 bits per heavy atom. The normalized spacial score (nSPS) is 15.3. The minimum Gasteiger partial charge on any atom is -0.497 e. The van der Waals surface area contributed by atoms with Crippen LogP contribution in [0.25, 0.3) is 0 Å². The van der Waals surface area contributed by atoms with E-state index in [9.17, 15) is 14.4 Å². The van der Waals surface area contributed by atoms with Gasteiger partial charge in [0.1, 0.15) is 11.5 Å². The summed E-state index contributed by atoms with van der Waals surface area (Å²) < 4.78 is 15.6. The number of amides is 3. The zero-order chi connectivity index (χ0) is 23.6. The van der Waals surface area contributed by atoms with Crippen molar-refractivity contribution in [2.75, 3.05) is 50.7 Å². The summed E-state index contributed by atoms with van der Waals surface area (Å²) in [7, 11) is 3.19. The molecular weight excluding hydrogens is 426 g/mol. The lowest BCUT2D eigenvalue weighted by Gasteiger charge is -2.17. The second kappa shape index (κ2) is 11.9. The zero-order valence-electron chi connectivity index (χ0n) is 18.8. The van der Waals surface area contributed by atoms with Crippen molar-refractivity contribution in [3.8, 4) is 11.5 Å². The van der Waals surface area contributed by atoms with Crippen molar-refractivity contribution in [2.24, 2.45) is 5.92 Å². The predicted octanol–water partition coefficient (Wildman–Crippen LogP) is 2.22. The monoisotopic (exact) mass is 455 g/mol. The van der Waals surface area contributed by atoms with Crippen LogP contribution in [0.5, 0.6) is 11.5 Å². The Hall–Kier alpha value is -3.59. The number of benzene rings is 2. The SMILES string of the molecule is COCCCNC(=O)[C@H]1CC(=O)N(c2ccc(OCC(=O)Nc3ccc(OC)cc3)cc2)C1. The lowest BCUT2D eigenvalue weighted by atomic mass is 10.1. The average Bonchev–Trinajstić information content (AvgIpc) is 3.23. The Kier molecular flexibility index (Phi) is 8.65. The minimum atomic E-state index is -0.377. The van der Waals surface area contributed by atoms with E-state index >= 15 is 0 Å². The van der Waals surface area contributed by atoms with Crippen molar-refractivity contribution in [3.05, 3.63) is 48.5 Å². The van der Waals surface area contributed by atoms with E-state index in [0.29, 0.717) is 42.6 Å². The molecule has 1 heterocycles. The molecule has 0 aromatic heterocycles. The van der Waals surface area contributed by atoms with E-state index in [0.717, 1.165) is 6.42 Å². The first-order valence-corrected chi connectivity index (χ1v) is 10.7. The molecule has 3 rings (SSSR count). The highest BCUT2D eigenvalue weighted by molar-refractivity contribution is 6.00. The summed E-state index contributed by atoms with van der Waals surface area (Å²) in [6.45, 7) is 1.28. The van der Waals surface area contributed by atoms with Crippen molar-refractivity contribution >= 4 is 29.1 Å². The molecule has 1 fully saturated rings. The van der Waals surface area contributed by atoms with Gasteiger partial charge in [-0.25, -0.2) is 0 Å². The molecule has 0 unspecified atom stereocenters. The Balaban J connectivity index is 1.46. The summed E-state index contributed by atoms with van der Waals surface area (Å²) in [5.41, 5.74) is 1.33. The van der Waals surface area contributed by atoms with E-state index in [-0.39, 0.29) is 36.7 Å². The predicted molar refractivity (Wildman–Crippen MR) is 124 cm³/mol. The summed E-state index contributed by atoms with van der Waals surface area (Å²) >= 11 is 0. The molecule has 176 valence electrons. The summed E-state index contributed by atoms with van der Waals surface area (Å²) in [5.74, 6) is 0.317. The largest absolute Gasteiger partial charge is 0.497 e. The molecule has 2 aromatic carbocycles. The van der Waals surface area contributed by atoms with Crippen LogP contribution in [0.3, 0.4) is 0 Å². The van der Waals surface area contributed by atoms with Gasteiger partial charge in [-0.05, 0) is 55.0 Å². The smallest absolute Gasteiger partial charge is 0.262 e. The number of hydrogen-bond donors (Lipinski definition) is 2. The fourth-order valence-corrected chi connectivity index (χ4v) is 3.45.